The van der Waals surface area contributed by atoms with Crippen LogP contribution in [0.3, 0.4) is 0 Å². The lowest BCUT2D eigenvalue weighted by Gasteiger charge is -2.11. The Morgan fingerprint density at radius 2 is 2.12 bits per heavy atom. The van der Waals surface area contributed by atoms with Gasteiger partial charge in [0.1, 0.15) is 11.5 Å². The molecule has 132 valence electrons. The third-order valence-corrected chi connectivity index (χ3v) is 5.11. The Hall–Kier alpha value is -2.65. The SMILES string of the molecule is CCc1nnc2n1N=C(c1ccc(-c3ccc([N+](=O)[O-])cc3Cl)o1)CS2. The molecule has 2 aromatic heterocycles. The van der Waals surface area contributed by atoms with Gasteiger partial charge >= 0.3 is 0 Å². The third-order valence-electron chi connectivity index (χ3n) is 3.87. The molecule has 8 nitrogen and oxygen atoms in total. The summed E-state index contributed by atoms with van der Waals surface area (Å²) in [6.07, 6.45) is 0.728. The maximum absolute atomic E-state index is 10.8. The highest BCUT2D eigenvalue weighted by Crippen LogP contribution is 2.33. The molecule has 0 aliphatic carbocycles. The molecule has 0 spiro atoms. The molecule has 0 unspecified atom stereocenters. The van der Waals surface area contributed by atoms with Gasteiger partial charge in [-0.05, 0) is 18.2 Å². The summed E-state index contributed by atoms with van der Waals surface area (Å²) in [7, 11) is 0. The van der Waals surface area contributed by atoms with Gasteiger partial charge in [-0.1, -0.05) is 30.3 Å². The van der Waals surface area contributed by atoms with Gasteiger partial charge in [0.15, 0.2) is 11.6 Å². The lowest BCUT2D eigenvalue weighted by atomic mass is 10.1. The number of hydrogen-bond donors (Lipinski definition) is 0. The normalized spacial score (nSPS) is 13.4. The maximum Gasteiger partial charge on any atom is 0.270 e. The number of non-ortho nitro benzene ring substituents is 1. The molecule has 26 heavy (non-hydrogen) atoms. The Bertz CT molecular complexity index is 1040. The number of furan rings is 1. The molecule has 1 aliphatic rings. The van der Waals surface area contributed by atoms with E-state index >= 15 is 0 Å². The van der Waals surface area contributed by atoms with Crippen LogP contribution in [0.15, 0.2) is 45.0 Å². The van der Waals surface area contributed by atoms with Crippen LogP contribution in [0.4, 0.5) is 5.69 Å². The highest BCUT2D eigenvalue weighted by Gasteiger charge is 2.22. The molecule has 0 atom stereocenters. The fourth-order valence-electron chi connectivity index (χ4n) is 2.56. The second-order valence-corrected chi connectivity index (χ2v) is 6.83. The minimum Gasteiger partial charge on any atom is -0.455 e. The van der Waals surface area contributed by atoms with Crippen LogP contribution < -0.4 is 0 Å². The van der Waals surface area contributed by atoms with E-state index in [4.69, 9.17) is 16.0 Å². The Labute approximate surface area is 157 Å². The number of nitro groups is 1. The highest BCUT2D eigenvalue weighted by atomic mass is 35.5. The van der Waals surface area contributed by atoms with Gasteiger partial charge in [-0.3, -0.25) is 10.1 Å². The Morgan fingerprint density at radius 3 is 2.85 bits per heavy atom. The number of halogens is 1. The molecule has 0 saturated carbocycles. The first-order valence-electron chi connectivity index (χ1n) is 7.76. The smallest absolute Gasteiger partial charge is 0.270 e. The fraction of sp³-hybridized carbons (Fsp3) is 0.188. The molecule has 10 heteroatoms. The zero-order chi connectivity index (χ0) is 18.3. The molecule has 0 saturated heterocycles. The molecule has 0 amide bonds. The molecule has 0 fully saturated rings. The number of nitro benzene ring substituents is 1. The maximum atomic E-state index is 10.8. The van der Waals surface area contributed by atoms with Crippen LogP contribution in [0.1, 0.15) is 18.5 Å². The van der Waals surface area contributed by atoms with Gasteiger partial charge in [-0.2, -0.15) is 9.78 Å². The summed E-state index contributed by atoms with van der Waals surface area (Å²) in [6, 6.07) is 7.87. The predicted molar refractivity (Wildman–Crippen MR) is 97.9 cm³/mol. The molecule has 4 rings (SSSR count). The lowest BCUT2D eigenvalue weighted by molar-refractivity contribution is -0.384. The molecule has 0 radical (unpaired) electrons. The van der Waals surface area contributed by atoms with Gasteiger partial charge < -0.3 is 4.42 Å². The standard InChI is InChI=1S/C16H12ClN5O3S/c1-2-15-18-19-16-21(15)20-12(8-26-16)14-6-5-13(25-14)10-4-3-9(22(23)24)7-11(10)17/h3-7H,2,8H2,1H3. The van der Waals surface area contributed by atoms with Gasteiger partial charge in [-0.25, -0.2) is 0 Å². The summed E-state index contributed by atoms with van der Waals surface area (Å²) in [5, 5.41) is 24.7. The van der Waals surface area contributed by atoms with Crippen molar-refractivity contribution in [3.63, 3.8) is 0 Å². The zero-order valence-electron chi connectivity index (χ0n) is 13.5. The van der Waals surface area contributed by atoms with Crippen molar-refractivity contribution >= 4 is 34.8 Å². The Kier molecular flexibility index (Phi) is 4.25. The van der Waals surface area contributed by atoms with Gasteiger partial charge in [0.2, 0.25) is 5.16 Å². The quantitative estimate of drug-likeness (QED) is 0.493. The fourth-order valence-corrected chi connectivity index (χ4v) is 3.67. The van der Waals surface area contributed by atoms with E-state index < -0.39 is 4.92 Å². The number of hydrogen-bond acceptors (Lipinski definition) is 7. The first-order chi connectivity index (χ1) is 12.6. The van der Waals surface area contributed by atoms with Crippen molar-refractivity contribution in [3.05, 3.63) is 57.1 Å². The first-order valence-corrected chi connectivity index (χ1v) is 9.12. The summed E-state index contributed by atoms with van der Waals surface area (Å²) in [6.45, 7) is 1.99. The summed E-state index contributed by atoms with van der Waals surface area (Å²) < 4.78 is 7.63. The summed E-state index contributed by atoms with van der Waals surface area (Å²) in [5.74, 6) is 2.54. The van der Waals surface area contributed by atoms with Crippen molar-refractivity contribution in [1.82, 2.24) is 14.9 Å². The summed E-state index contributed by atoms with van der Waals surface area (Å²) >= 11 is 7.71. The van der Waals surface area contributed by atoms with E-state index in [2.05, 4.69) is 15.3 Å². The van der Waals surface area contributed by atoms with Crippen LogP contribution in [0.25, 0.3) is 11.3 Å². The van der Waals surface area contributed by atoms with Crippen molar-refractivity contribution in [2.75, 3.05) is 5.75 Å². The molecule has 1 aliphatic heterocycles. The van der Waals surface area contributed by atoms with Crippen molar-refractivity contribution in [2.24, 2.45) is 5.10 Å². The van der Waals surface area contributed by atoms with Crippen LogP contribution in [0, 0.1) is 10.1 Å². The summed E-state index contributed by atoms with van der Waals surface area (Å²) in [4.78, 5) is 10.3. The topological polar surface area (TPSA) is 99.3 Å². The molecule has 3 aromatic rings. The van der Waals surface area contributed by atoms with Crippen molar-refractivity contribution < 1.29 is 9.34 Å². The van der Waals surface area contributed by atoms with Crippen molar-refractivity contribution in [2.45, 2.75) is 18.5 Å². The average molecular weight is 390 g/mol. The van der Waals surface area contributed by atoms with E-state index in [-0.39, 0.29) is 10.7 Å². The van der Waals surface area contributed by atoms with E-state index in [1.807, 2.05) is 13.0 Å². The first kappa shape index (κ1) is 16.8. The second kappa shape index (κ2) is 6.58. The monoisotopic (exact) mass is 389 g/mol. The largest absolute Gasteiger partial charge is 0.455 e. The van der Waals surface area contributed by atoms with Crippen LogP contribution in [0.2, 0.25) is 5.02 Å². The lowest BCUT2D eigenvalue weighted by Crippen LogP contribution is -2.13. The van der Waals surface area contributed by atoms with E-state index in [0.717, 1.165) is 23.1 Å². The minimum absolute atomic E-state index is 0.0641. The zero-order valence-corrected chi connectivity index (χ0v) is 15.1. The van der Waals surface area contributed by atoms with Gasteiger partial charge in [0.25, 0.3) is 5.69 Å². The highest BCUT2D eigenvalue weighted by molar-refractivity contribution is 7.99. The predicted octanol–water partition coefficient (Wildman–Crippen LogP) is 4.02. The number of thioether (sulfide) groups is 1. The molecule has 0 bridgehead atoms. The van der Waals surface area contributed by atoms with E-state index in [1.165, 1.54) is 23.9 Å². The third kappa shape index (κ3) is 2.89. The van der Waals surface area contributed by atoms with E-state index in [1.54, 1.807) is 16.8 Å². The Morgan fingerprint density at radius 1 is 1.31 bits per heavy atom. The van der Waals surface area contributed by atoms with Crippen LogP contribution in [0.5, 0.6) is 0 Å². The van der Waals surface area contributed by atoms with Gasteiger partial charge in [-0.15, -0.1) is 10.2 Å². The average Bonchev–Trinajstić information content (AvgIpc) is 3.27. The van der Waals surface area contributed by atoms with Crippen molar-refractivity contribution in [3.8, 4) is 11.3 Å². The number of aromatic nitrogens is 3. The van der Waals surface area contributed by atoms with Crippen LogP contribution >= 0.6 is 23.4 Å². The van der Waals surface area contributed by atoms with E-state index in [9.17, 15) is 10.1 Å². The number of aryl methyl sites for hydroxylation is 1. The number of benzene rings is 1. The minimum atomic E-state index is -0.487. The second-order valence-electron chi connectivity index (χ2n) is 5.48. The number of nitrogens with zero attached hydrogens (tertiary/aromatic N) is 5. The van der Waals surface area contributed by atoms with Crippen LogP contribution in [-0.2, 0) is 6.42 Å². The van der Waals surface area contributed by atoms with E-state index in [0.29, 0.717) is 22.8 Å². The number of fused-ring (bicyclic) bond motifs is 1. The number of rotatable bonds is 4. The van der Waals surface area contributed by atoms with Crippen molar-refractivity contribution in [1.29, 1.82) is 0 Å². The molecular formula is C16H12ClN5O3S. The van der Waals surface area contributed by atoms with Crippen LogP contribution in [-0.4, -0.2) is 31.3 Å². The molecule has 0 N–H and O–H groups in total. The molecular weight excluding hydrogens is 378 g/mol. The van der Waals surface area contributed by atoms with Gasteiger partial charge in [0.05, 0.1) is 9.95 Å². The molecule has 3 heterocycles. The van der Waals surface area contributed by atoms with Gasteiger partial charge in [0, 0.05) is 29.9 Å². The summed E-state index contributed by atoms with van der Waals surface area (Å²) in [5.41, 5.74) is 1.29. The molecule has 1 aromatic carbocycles. The Balaban J connectivity index is 1.68.